The van der Waals surface area contributed by atoms with Gasteiger partial charge in [-0.05, 0) is 30.7 Å². The fourth-order valence-corrected chi connectivity index (χ4v) is 3.78. The molecule has 1 heterocycles. The molecule has 0 amide bonds. The zero-order valence-corrected chi connectivity index (χ0v) is 14.8. The molecule has 0 bridgehead atoms. The zero-order valence-electron chi connectivity index (χ0n) is 13.2. The second-order valence-corrected chi connectivity index (χ2v) is 6.50. The predicted molar refractivity (Wildman–Crippen MR) is 106 cm³/mol. The first-order chi connectivity index (χ1) is 11.2. The third-order valence-corrected chi connectivity index (χ3v) is 4.98. The first kappa shape index (κ1) is 16.1. The number of nitrogens with zero attached hydrogens (tertiary/aromatic N) is 2. The van der Waals surface area contributed by atoms with Crippen LogP contribution in [0.5, 0.6) is 0 Å². The van der Waals surface area contributed by atoms with Crippen molar-refractivity contribution in [1.82, 2.24) is 0 Å². The summed E-state index contributed by atoms with van der Waals surface area (Å²) in [6.45, 7) is 2.20. The minimum Gasteiger partial charge on any atom is -0.241 e. The highest BCUT2D eigenvalue weighted by molar-refractivity contribution is 7.82. The van der Waals surface area contributed by atoms with E-state index >= 15 is 0 Å². The fourth-order valence-electron chi connectivity index (χ4n) is 2.88. The van der Waals surface area contributed by atoms with Crippen LogP contribution >= 0.6 is 24.4 Å². The van der Waals surface area contributed by atoms with E-state index in [1.54, 1.807) is 0 Å². The molecule has 3 rings (SSSR count). The van der Waals surface area contributed by atoms with E-state index in [1.807, 2.05) is 36.4 Å². The van der Waals surface area contributed by atoms with Crippen molar-refractivity contribution >= 4 is 45.8 Å². The summed E-state index contributed by atoms with van der Waals surface area (Å²) in [5.74, 6) is 0.153. The van der Waals surface area contributed by atoms with Crippen molar-refractivity contribution in [3.05, 3.63) is 60.7 Å². The van der Waals surface area contributed by atoms with Crippen molar-refractivity contribution in [2.24, 2.45) is 5.92 Å². The first-order valence-electron chi connectivity index (χ1n) is 8.02. The van der Waals surface area contributed by atoms with E-state index in [0.717, 1.165) is 40.6 Å². The van der Waals surface area contributed by atoms with E-state index in [-0.39, 0.29) is 5.92 Å². The fraction of sp³-hybridized carbons (Fsp3) is 0.263. The molecule has 4 heteroatoms. The van der Waals surface area contributed by atoms with Crippen molar-refractivity contribution in [1.29, 1.82) is 0 Å². The van der Waals surface area contributed by atoms with Crippen LogP contribution in [0.15, 0.2) is 60.7 Å². The van der Waals surface area contributed by atoms with Crippen LogP contribution < -0.4 is 10.0 Å². The van der Waals surface area contributed by atoms with Crippen LogP contribution in [0, 0.1) is 5.92 Å². The minimum atomic E-state index is 0.153. The van der Waals surface area contributed by atoms with Crippen LogP contribution in [0.25, 0.3) is 0 Å². The molecule has 0 N–H and O–H groups in total. The van der Waals surface area contributed by atoms with Crippen LogP contribution in [0.1, 0.15) is 26.2 Å². The molecule has 1 aliphatic rings. The first-order valence-corrected chi connectivity index (χ1v) is 8.83. The molecule has 2 aromatic rings. The van der Waals surface area contributed by atoms with Gasteiger partial charge in [0.2, 0.25) is 0 Å². The summed E-state index contributed by atoms with van der Waals surface area (Å²) in [6, 6.07) is 20.5. The Labute approximate surface area is 148 Å². The van der Waals surface area contributed by atoms with Crippen LogP contribution in [0.4, 0.5) is 11.4 Å². The van der Waals surface area contributed by atoms with Gasteiger partial charge in [-0.15, -0.1) is 0 Å². The molecule has 0 saturated carbocycles. The number of anilines is 2. The quantitative estimate of drug-likeness (QED) is 0.673. The molecular weight excluding hydrogens is 320 g/mol. The van der Waals surface area contributed by atoms with Gasteiger partial charge in [-0.2, -0.15) is 0 Å². The molecule has 23 heavy (non-hydrogen) atoms. The van der Waals surface area contributed by atoms with Crippen molar-refractivity contribution in [2.75, 3.05) is 10.0 Å². The second kappa shape index (κ2) is 7.20. The number of rotatable bonds is 5. The molecule has 0 radical (unpaired) electrons. The van der Waals surface area contributed by atoms with Gasteiger partial charge in [0.15, 0.2) is 0 Å². The van der Waals surface area contributed by atoms with Gasteiger partial charge in [-0.25, -0.2) is 10.0 Å². The lowest BCUT2D eigenvalue weighted by atomic mass is 10.0. The van der Waals surface area contributed by atoms with E-state index in [4.69, 9.17) is 24.4 Å². The zero-order chi connectivity index (χ0) is 16.2. The normalized spacial score (nSPS) is 15.5. The Hall–Kier alpha value is -1.78. The summed E-state index contributed by atoms with van der Waals surface area (Å²) in [5.41, 5.74) is 2.12. The molecule has 0 unspecified atom stereocenters. The third-order valence-electron chi connectivity index (χ3n) is 4.06. The molecule has 0 spiro atoms. The Balaban J connectivity index is 2.02. The summed E-state index contributed by atoms with van der Waals surface area (Å²) in [6.07, 6.45) is 3.30. The minimum absolute atomic E-state index is 0.153. The van der Waals surface area contributed by atoms with Crippen molar-refractivity contribution in [3.8, 4) is 0 Å². The molecule has 2 nitrogen and oxygen atoms in total. The van der Waals surface area contributed by atoms with Crippen LogP contribution in [0.2, 0.25) is 0 Å². The summed E-state index contributed by atoms with van der Waals surface area (Å²) in [5, 5.41) is 4.18. The van der Waals surface area contributed by atoms with E-state index in [0.29, 0.717) is 0 Å². The highest BCUT2D eigenvalue weighted by Gasteiger charge is 2.40. The van der Waals surface area contributed by atoms with Crippen LogP contribution in [0.3, 0.4) is 0 Å². The SMILES string of the molecule is CCCCC1C(=S)N(c2ccccc2)N(c2ccccc2)C1=S. The summed E-state index contributed by atoms with van der Waals surface area (Å²) in [7, 11) is 0. The molecule has 0 atom stereocenters. The smallest absolute Gasteiger partial charge is 0.114 e. The predicted octanol–water partition coefficient (Wildman–Crippen LogP) is 5.39. The van der Waals surface area contributed by atoms with E-state index < -0.39 is 0 Å². The number of thiocarbonyl (C=S) groups is 2. The van der Waals surface area contributed by atoms with Gasteiger partial charge in [0.25, 0.3) is 0 Å². The number of hydrogen-bond donors (Lipinski definition) is 0. The Kier molecular flexibility index (Phi) is 5.03. The Morgan fingerprint density at radius 1 is 0.783 bits per heavy atom. The van der Waals surface area contributed by atoms with Gasteiger partial charge in [0.1, 0.15) is 9.98 Å². The number of hydrogen-bond acceptors (Lipinski definition) is 2. The van der Waals surface area contributed by atoms with Crippen molar-refractivity contribution in [2.45, 2.75) is 26.2 Å². The number of benzene rings is 2. The summed E-state index contributed by atoms with van der Waals surface area (Å²) in [4.78, 5) is 1.80. The molecule has 0 aromatic heterocycles. The van der Waals surface area contributed by atoms with Crippen LogP contribution in [-0.4, -0.2) is 9.98 Å². The number of hydrazine groups is 1. The summed E-state index contributed by atoms with van der Waals surface area (Å²) >= 11 is 11.6. The number of unbranched alkanes of at least 4 members (excludes halogenated alkanes) is 1. The largest absolute Gasteiger partial charge is 0.241 e. The maximum absolute atomic E-state index is 5.81. The van der Waals surface area contributed by atoms with Gasteiger partial charge in [0.05, 0.1) is 17.3 Å². The monoisotopic (exact) mass is 340 g/mol. The van der Waals surface area contributed by atoms with Gasteiger partial charge < -0.3 is 0 Å². The van der Waals surface area contributed by atoms with Crippen molar-refractivity contribution in [3.63, 3.8) is 0 Å². The van der Waals surface area contributed by atoms with Gasteiger partial charge in [-0.3, -0.25) is 0 Å². The maximum Gasteiger partial charge on any atom is 0.114 e. The number of para-hydroxylation sites is 2. The van der Waals surface area contributed by atoms with E-state index in [2.05, 4.69) is 41.2 Å². The molecule has 2 aromatic carbocycles. The van der Waals surface area contributed by atoms with E-state index in [1.165, 1.54) is 0 Å². The average Bonchev–Trinajstić information content (AvgIpc) is 2.85. The molecule has 1 fully saturated rings. The van der Waals surface area contributed by atoms with Gasteiger partial charge in [0, 0.05) is 0 Å². The average molecular weight is 341 g/mol. The van der Waals surface area contributed by atoms with E-state index in [9.17, 15) is 0 Å². The molecular formula is C19H20N2S2. The Bertz CT molecular complexity index is 628. The van der Waals surface area contributed by atoms with Gasteiger partial charge in [-0.1, -0.05) is 80.6 Å². The molecule has 1 saturated heterocycles. The molecule has 0 aliphatic carbocycles. The molecule has 1 aliphatic heterocycles. The lowest BCUT2D eigenvalue weighted by molar-refractivity contribution is 0.696. The standard InChI is InChI=1S/C19H20N2S2/c1-2-3-14-17-18(22)20(15-10-6-4-7-11-15)21(19(17)23)16-12-8-5-9-13-16/h4-13,17H,2-3,14H2,1H3. The third kappa shape index (κ3) is 3.14. The Morgan fingerprint density at radius 2 is 1.22 bits per heavy atom. The Morgan fingerprint density at radius 3 is 1.61 bits per heavy atom. The maximum atomic E-state index is 5.81. The highest BCUT2D eigenvalue weighted by atomic mass is 32.1. The highest BCUT2D eigenvalue weighted by Crippen LogP contribution is 2.35. The summed E-state index contributed by atoms with van der Waals surface area (Å²) < 4.78 is 0. The lowest BCUT2D eigenvalue weighted by Crippen LogP contribution is -2.40. The lowest BCUT2D eigenvalue weighted by Gasteiger charge is -2.30. The topological polar surface area (TPSA) is 6.48 Å². The van der Waals surface area contributed by atoms with Gasteiger partial charge >= 0.3 is 0 Å². The second-order valence-electron chi connectivity index (χ2n) is 5.67. The molecule has 118 valence electrons. The van der Waals surface area contributed by atoms with Crippen LogP contribution in [-0.2, 0) is 0 Å². The van der Waals surface area contributed by atoms with Crippen molar-refractivity contribution < 1.29 is 0 Å².